The summed E-state index contributed by atoms with van der Waals surface area (Å²) in [6.07, 6.45) is 1.08. The van der Waals surface area contributed by atoms with Gasteiger partial charge in [-0.25, -0.2) is 0 Å². The van der Waals surface area contributed by atoms with Gasteiger partial charge in [0.15, 0.2) is 0 Å². The maximum Gasteiger partial charge on any atom is 0.0517 e. The first-order valence-corrected chi connectivity index (χ1v) is 6.27. The lowest BCUT2D eigenvalue weighted by Crippen LogP contribution is -2.14. The van der Waals surface area contributed by atoms with Crippen LogP contribution in [0, 0.1) is 0 Å². The lowest BCUT2D eigenvalue weighted by Gasteiger charge is -2.06. The Morgan fingerprint density at radius 2 is 1.80 bits per heavy atom. The van der Waals surface area contributed by atoms with E-state index in [4.69, 9.17) is 0 Å². The summed E-state index contributed by atoms with van der Waals surface area (Å²) in [5.74, 6) is 0. The van der Waals surface area contributed by atoms with Gasteiger partial charge in [-0.15, -0.1) is 0 Å². The average molecular weight is 264 g/mol. The van der Waals surface area contributed by atoms with Crippen LogP contribution in [-0.2, 0) is 6.42 Å². The summed E-state index contributed by atoms with van der Waals surface area (Å²) in [6.45, 7) is 1.01. The lowest BCUT2D eigenvalue weighted by molar-refractivity contribution is 0.782. The van der Waals surface area contributed by atoms with Gasteiger partial charge >= 0.3 is 0 Å². The van der Waals surface area contributed by atoms with Crippen LogP contribution in [0.4, 0.5) is 0 Å². The molecule has 0 saturated heterocycles. The second-order valence-corrected chi connectivity index (χ2v) is 4.08. The van der Waals surface area contributed by atoms with E-state index >= 15 is 0 Å². The third-order valence-electron chi connectivity index (χ3n) is 2.55. The Morgan fingerprint density at radius 3 is 2.67 bits per heavy atom. The topological polar surface area (TPSA) is 12.0 Å². The molecular weight excluding hydrogens is 250 g/mol. The van der Waals surface area contributed by atoms with E-state index in [0.29, 0.717) is 0 Å². The highest BCUT2D eigenvalue weighted by molar-refractivity contribution is 9.09. The molecule has 0 amide bonds. The van der Waals surface area contributed by atoms with E-state index in [2.05, 4.69) is 63.7 Å². The summed E-state index contributed by atoms with van der Waals surface area (Å²) in [5.41, 5.74) is 2.28. The number of fused-ring (bicyclic) bond motifs is 1. The van der Waals surface area contributed by atoms with E-state index in [1.54, 1.807) is 0 Å². The van der Waals surface area contributed by atoms with Gasteiger partial charge in [-0.05, 0) is 29.3 Å². The second-order valence-electron chi connectivity index (χ2n) is 3.52. The van der Waals surface area contributed by atoms with Gasteiger partial charge in [0.25, 0.3) is 0 Å². The number of hydrogen-bond acceptors (Lipinski definition) is 1. The maximum atomic E-state index is 3.36. The summed E-state index contributed by atoms with van der Waals surface area (Å²) in [6, 6.07) is 15.0. The molecule has 2 aromatic rings. The van der Waals surface area contributed by atoms with E-state index < -0.39 is 0 Å². The molecule has 0 unspecified atom stereocenters. The summed E-state index contributed by atoms with van der Waals surface area (Å²) in [4.78, 5) is 0. The van der Waals surface area contributed by atoms with Gasteiger partial charge in [-0.2, -0.15) is 0 Å². The number of benzene rings is 2. The van der Waals surface area contributed by atoms with Crippen LogP contribution < -0.4 is 5.32 Å². The van der Waals surface area contributed by atoms with E-state index in [1.165, 1.54) is 16.3 Å². The fraction of sp³-hybridized carbons (Fsp3) is 0.231. The van der Waals surface area contributed by atoms with Gasteiger partial charge in [0, 0.05) is 0 Å². The van der Waals surface area contributed by atoms with Crippen LogP contribution in [0.25, 0.3) is 10.8 Å². The summed E-state index contributed by atoms with van der Waals surface area (Å²) >= 11 is 3.36. The van der Waals surface area contributed by atoms with E-state index in [0.717, 1.165) is 18.4 Å². The predicted octanol–water partition coefficient (Wildman–Crippen LogP) is 3.32. The number of halogens is 1. The molecule has 2 heteroatoms. The van der Waals surface area contributed by atoms with Crippen LogP contribution in [-0.4, -0.2) is 12.0 Å². The molecule has 0 aromatic heterocycles. The molecule has 0 saturated carbocycles. The predicted molar refractivity (Wildman–Crippen MR) is 69.4 cm³/mol. The Balaban J connectivity index is 2.26. The highest BCUT2D eigenvalue weighted by Crippen LogP contribution is 2.18. The first kappa shape index (κ1) is 10.7. The second kappa shape index (κ2) is 5.29. The van der Waals surface area contributed by atoms with Crippen molar-refractivity contribution in [2.24, 2.45) is 0 Å². The molecular formula is C13H14BrN. The average Bonchev–Trinajstić information content (AvgIpc) is 2.30. The minimum absolute atomic E-state index is 0.859. The highest BCUT2D eigenvalue weighted by Gasteiger charge is 1.98. The molecule has 0 radical (unpaired) electrons. The van der Waals surface area contributed by atoms with Crippen molar-refractivity contribution in [1.29, 1.82) is 0 Å². The van der Waals surface area contributed by atoms with Crippen molar-refractivity contribution in [3.63, 3.8) is 0 Å². The van der Waals surface area contributed by atoms with Crippen LogP contribution >= 0.6 is 15.9 Å². The van der Waals surface area contributed by atoms with Crippen LogP contribution in [0.1, 0.15) is 5.56 Å². The van der Waals surface area contributed by atoms with Crippen molar-refractivity contribution < 1.29 is 0 Å². The number of nitrogens with one attached hydrogen (secondary N) is 1. The van der Waals surface area contributed by atoms with Crippen LogP contribution in [0.3, 0.4) is 0 Å². The maximum absolute atomic E-state index is 3.36. The van der Waals surface area contributed by atoms with Crippen LogP contribution in [0.2, 0.25) is 0 Å². The molecule has 0 heterocycles. The Bertz CT molecular complexity index is 434. The number of hydrogen-bond donors (Lipinski definition) is 1. The number of alkyl halides is 1. The van der Waals surface area contributed by atoms with Crippen molar-refractivity contribution in [3.05, 3.63) is 48.0 Å². The highest BCUT2D eigenvalue weighted by atomic mass is 79.9. The minimum atomic E-state index is 0.859. The molecule has 0 aliphatic rings. The van der Waals surface area contributed by atoms with Crippen LogP contribution in [0.5, 0.6) is 0 Å². The van der Waals surface area contributed by atoms with E-state index in [9.17, 15) is 0 Å². The van der Waals surface area contributed by atoms with E-state index in [-0.39, 0.29) is 0 Å². The Hall–Kier alpha value is -0.860. The van der Waals surface area contributed by atoms with Crippen molar-refractivity contribution in [2.45, 2.75) is 6.42 Å². The molecule has 0 spiro atoms. The Labute approximate surface area is 98.6 Å². The first-order valence-electron chi connectivity index (χ1n) is 5.15. The SMILES string of the molecule is BrCNCCc1cccc2ccccc12. The molecule has 15 heavy (non-hydrogen) atoms. The van der Waals surface area contributed by atoms with Crippen molar-refractivity contribution in [2.75, 3.05) is 12.0 Å². The summed E-state index contributed by atoms with van der Waals surface area (Å²) in [7, 11) is 0. The normalized spacial score (nSPS) is 10.7. The quantitative estimate of drug-likeness (QED) is 0.507. The Kier molecular flexibility index (Phi) is 3.75. The van der Waals surface area contributed by atoms with Gasteiger partial charge in [0.05, 0.1) is 5.45 Å². The Morgan fingerprint density at radius 1 is 1.00 bits per heavy atom. The molecule has 2 aromatic carbocycles. The summed E-state index contributed by atoms with van der Waals surface area (Å²) < 4.78 is 0. The van der Waals surface area contributed by atoms with Gasteiger partial charge in [0.2, 0.25) is 0 Å². The van der Waals surface area contributed by atoms with E-state index in [1.807, 2.05) is 0 Å². The number of rotatable bonds is 4. The monoisotopic (exact) mass is 263 g/mol. The summed E-state index contributed by atoms with van der Waals surface area (Å²) in [5, 5.41) is 5.98. The smallest absolute Gasteiger partial charge is 0.0517 e. The van der Waals surface area contributed by atoms with Crippen molar-refractivity contribution in [1.82, 2.24) is 5.32 Å². The fourth-order valence-corrected chi connectivity index (χ4v) is 2.08. The van der Waals surface area contributed by atoms with Gasteiger partial charge in [-0.3, -0.25) is 0 Å². The first-order chi connectivity index (χ1) is 7.42. The molecule has 0 atom stereocenters. The van der Waals surface area contributed by atoms with Crippen molar-refractivity contribution >= 4 is 26.7 Å². The zero-order chi connectivity index (χ0) is 10.5. The van der Waals surface area contributed by atoms with Gasteiger partial charge in [0.1, 0.15) is 0 Å². The van der Waals surface area contributed by atoms with Crippen LogP contribution in [0.15, 0.2) is 42.5 Å². The fourth-order valence-electron chi connectivity index (χ4n) is 1.80. The molecule has 0 fully saturated rings. The lowest BCUT2D eigenvalue weighted by atomic mass is 10.0. The molecule has 1 N–H and O–H groups in total. The largest absolute Gasteiger partial charge is 0.307 e. The molecule has 0 aliphatic heterocycles. The molecule has 0 bridgehead atoms. The van der Waals surface area contributed by atoms with Gasteiger partial charge < -0.3 is 5.32 Å². The third kappa shape index (κ3) is 2.58. The van der Waals surface area contributed by atoms with Gasteiger partial charge in [-0.1, -0.05) is 58.4 Å². The standard InChI is InChI=1S/C13H14BrN/c14-10-15-9-8-12-6-3-5-11-4-1-2-7-13(11)12/h1-7,15H,8-10H2. The molecule has 78 valence electrons. The zero-order valence-electron chi connectivity index (χ0n) is 8.54. The molecule has 0 aliphatic carbocycles. The molecule has 2 rings (SSSR count). The minimum Gasteiger partial charge on any atom is -0.307 e. The third-order valence-corrected chi connectivity index (χ3v) is 2.94. The zero-order valence-corrected chi connectivity index (χ0v) is 10.1. The van der Waals surface area contributed by atoms with Crippen molar-refractivity contribution in [3.8, 4) is 0 Å². The molecule has 1 nitrogen and oxygen atoms in total.